The highest BCUT2D eigenvalue weighted by Crippen LogP contribution is 2.43. The van der Waals surface area contributed by atoms with E-state index in [9.17, 15) is 4.79 Å². The topological polar surface area (TPSA) is 63.8 Å². The van der Waals surface area contributed by atoms with Crippen molar-refractivity contribution in [3.8, 4) is 0 Å². The van der Waals surface area contributed by atoms with Gasteiger partial charge >= 0.3 is 0 Å². The molecule has 3 aliphatic rings. The van der Waals surface area contributed by atoms with Gasteiger partial charge in [0.2, 0.25) is 0 Å². The zero-order valence-corrected chi connectivity index (χ0v) is 20.4. The molecule has 0 spiro atoms. The van der Waals surface area contributed by atoms with Crippen LogP contribution >= 0.6 is 11.8 Å². The minimum absolute atomic E-state index is 0.0185. The summed E-state index contributed by atoms with van der Waals surface area (Å²) in [5.41, 5.74) is -0.577. The average molecular weight is 432 g/mol. The van der Waals surface area contributed by atoms with Crippen molar-refractivity contribution < 1.29 is 23.4 Å². The van der Waals surface area contributed by atoms with Gasteiger partial charge in [-0.3, -0.25) is 4.79 Å². The molecule has 3 fully saturated rings. The van der Waals surface area contributed by atoms with Gasteiger partial charge in [-0.25, -0.2) is 0 Å². The second-order valence-corrected chi connectivity index (χ2v) is 15.9. The lowest BCUT2D eigenvalue weighted by molar-refractivity contribution is -0.147. The van der Waals surface area contributed by atoms with Crippen LogP contribution in [0.15, 0.2) is 0 Å². The minimum atomic E-state index is -1.79. The van der Waals surface area contributed by atoms with Gasteiger partial charge in [0.05, 0.1) is 19.3 Å². The van der Waals surface area contributed by atoms with Gasteiger partial charge in [-0.15, -0.1) is 0 Å². The van der Waals surface area contributed by atoms with Gasteiger partial charge in [-0.1, -0.05) is 20.8 Å². The van der Waals surface area contributed by atoms with Gasteiger partial charge in [0, 0.05) is 0 Å². The maximum absolute atomic E-state index is 13.1. The van der Waals surface area contributed by atoms with Crippen LogP contribution in [0, 0.1) is 0 Å². The smallest absolute Gasteiger partial charge is 0.257 e. The monoisotopic (exact) mass is 431 g/mol. The third-order valence-electron chi connectivity index (χ3n) is 6.60. The van der Waals surface area contributed by atoms with Crippen LogP contribution in [0.2, 0.25) is 18.1 Å². The molecule has 0 N–H and O–H groups in total. The van der Waals surface area contributed by atoms with Gasteiger partial charge in [0.15, 0.2) is 14.4 Å². The van der Waals surface area contributed by atoms with Crippen LogP contribution in [0.1, 0.15) is 41.0 Å². The van der Waals surface area contributed by atoms with Gasteiger partial charge in [0.25, 0.3) is 5.91 Å². The number of amides is 1. The second-order valence-electron chi connectivity index (χ2n) is 10.1. The van der Waals surface area contributed by atoms with Crippen LogP contribution in [-0.2, 0) is 23.4 Å². The van der Waals surface area contributed by atoms with Crippen molar-refractivity contribution in [3.63, 3.8) is 0 Å². The Morgan fingerprint density at radius 3 is 2.54 bits per heavy atom. The third-order valence-corrected chi connectivity index (χ3v) is 11.7. The summed E-state index contributed by atoms with van der Waals surface area (Å²) in [7, 11) is -1.79. The summed E-state index contributed by atoms with van der Waals surface area (Å²) >= 11 is 1.80. The predicted octanol–water partition coefficient (Wildman–Crippen LogP) is 3.26. The number of ether oxygens (including phenoxy) is 3. The fourth-order valence-electron chi connectivity index (χ4n) is 3.59. The highest BCUT2D eigenvalue weighted by atomic mass is 32.2. The Morgan fingerprint density at radius 2 is 1.93 bits per heavy atom. The summed E-state index contributed by atoms with van der Waals surface area (Å²) < 4.78 is 23.7. The molecule has 28 heavy (non-hydrogen) atoms. The van der Waals surface area contributed by atoms with Gasteiger partial charge in [-0.2, -0.15) is 11.8 Å². The van der Waals surface area contributed by atoms with E-state index in [1.54, 1.807) is 11.8 Å². The number of carbonyl (C=O) groups excluding carboxylic acids is 1. The molecule has 3 rings (SSSR count). The van der Waals surface area contributed by atoms with Crippen molar-refractivity contribution in [2.45, 2.75) is 95.4 Å². The van der Waals surface area contributed by atoms with E-state index < -0.39 is 20.1 Å². The summed E-state index contributed by atoms with van der Waals surface area (Å²) in [6.45, 7) is 16.3. The Labute approximate surface area is 175 Å². The van der Waals surface area contributed by atoms with Crippen LogP contribution in [0.4, 0.5) is 0 Å². The maximum Gasteiger partial charge on any atom is 0.257 e. The van der Waals surface area contributed by atoms with Crippen molar-refractivity contribution >= 4 is 26.0 Å². The molecule has 3 saturated heterocycles. The number of epoxide rings is 2. The molecule has 3 heterocycles. The zero-order valence-electron chi connectivity index (χ0n) is 18.6. The van der Waals surface area contributed by atoms with E-state index in [2.05, 4.69) is 40.1 Å². The first-order chi connectivity index (χ1) is 12.9. The first-order valence-electron chi connectivity index (χ1n) is 10.3. The van der Waals surface area contributed by atoms with Crippen molar-refractivity contribution in [3.05, 3.63) is 0 Å². The molecule has 0 radical (unpaired) electrons. The minimum Gasteiger partial charge on any atom is -0.414 e. The van der Waals surface area contributed by atoms with E-state index in [0.717, 1.165) is 12.2 Å². The molecule has 0 aromatic rings. The quantitative estimate of drug-likeness (QED) is 0.434. The molecule has 8 heteroatoms. The van der Waals surface area contributed by atoms with Crippen molar-refractivity contribution in [2.75, 3.05) is 25.2 Å². The number of rotatable bonds is 8. The van der Waals surface area contributed by atoms with Crippen LogP contribution in [0.5, 0.6) is 0 Å². The molecule has 1 amide bonds. The van der Waals surface area contributed by atoms with Gasteiger partial charge in [0.1, 0.15) is 24.0 Å². The van der Waals surface area contributed by atoms with Crippen LogP contribution in [0.3, 0.4) is 0 Å². The van der Waals surface area contributed by atoms with Gasteiger partial charge < -0.3 is 23.5 Å². The number of thioether (sulfide) groups is 1. The van der Waals surface area contributed by atoms with E-state index >= 15 is 0 Å². The SMILES string of the molecule is CSCC[C@@H]1COC(C)(C)N1C(=O)[C@@H]1O[C@H]1[C@@H]1O[C@H]1CO[Si](C)(C)C(C)(C)C. The molecule has 5 atom stereocenters. The molecular formula is C20H37NO5SSi. The lowest BCUT2D eigenvalue weighted by Crippen LogP contribution is -2.50. The average Bonchev–Trinajstić information content (AvgIpc) is 3.46. The van der Waals surface area contributed by atoms with E-state index in [-0.39, 0.29) is 35.3 Å². The van der Waals surface area contributed by atoms with E-state index in [0.29, 0.717) is 13.2 Å². The fraction of sp³-hybridized carbons (Fsp3) is 0.950. The molecule has 0 bridgehead atoms. The van der Waals surface area contributed by atoms with Crippen LogP contribution in [-0.4, -0.2) is 80.5 Å². The molecular weight excluding hydrogens is 394 g/mol. The normalized spacial score (nSPS) is 34.6. The van der Waals surface area contributed by atoms with Gasteiger partial charge in [-0.05, 0) is 50.4 Å². The second kappa shape index (κ2) is 7.85. The molecule has 3 aliphatic heterocycles. The molecule has 0 aliphatic carbocycles. The first-order valence-corrected chi connectivity index (χ1v) is 14.6. The van der Waals surface area contributed by atoms with E-state index in [1.165, 1.54) is 0 Å². The maximum atomic E-state index is 13.1. The predicted molar refractivity (Wildman–Crippen MR) is 114 cm³/mol. The highest BCUT2D eigenvalue weighted by Gasteiger charge is 2.63. The molecule has 0 unspecified atom stereocenters. The summed E-state index contributed by atoms with van der Waals surface area (Å²) in [5, 5.41) is 0.180. The summed E-state index contributed by atoms with van der Waals surface area (Å²) in [6.07, 6.45) is 2.51. The highest BCUT2D eigenvalue weighted by molar-refractivity contribution is 7.98. The van der Waals surface area contributed by atoms with Crippen molar-refractivity contribution in [2.24, 2.45) is 0 Å². The Morgan fingerprint density at radius 1 is 1.25 bits per heavy atom. The third kappa shape index (κ3) is 4.62. The van der Waals surface area contributed by atoms with Crippen LogP contribution < -0.4 is 0 Å². The number of hydrogen-bond acceptors (Lipinski definition) is 6. The van der Waals surface area contributed by atoms with Crippen LogP contribution in [0.25, 0.3) is 0 Å². The lowest BCUT2D eigenvalue weighted by Gasteiger charge is -2.36. The Kier molecular flexibility index (Phi) is 6.33. The number of hydrogen-bond donors (Lipinski definition) is 0. The first kappa shape index (κ1) is 22.6. The zero-order chi connectivity index (χ0) is 20.9. The van der Waals surface area contributed by atoms with E-state index in [4.69, 9.17) is 18.6 Å². The Balaban J connectivity index is 1.51. The summed E-state index contributed by atoms with van der Waals surface area (Å²) in [4.78, 5) is 15.0. The Bertz CT molecular complexity index is 594. The molecule has 0 saturated carbocycles. The summed E-state index contributed by atoms with van der Waals surface area (Å²) in [5.74, 6) is 1.06. The lowest BCUT2D eigenvalue weighted by atomic mass is 10.1. The molecule has 0 aromatic heterocycles. The number of nitrogens with zero attached hydrogens (tertiary/aromatic N) is 1. The van der Waals surface area contributed by atoms with E-state index in [1.807, 2.05) is 18.7 Å². The summed E-state index contributed by atoms with van der Waals surface area (Å²) in [6, 6.07) is 0.123. The van der Waals surface area contributed by atoms with Crippen molar-refractivity contribution in [1.82, 2.24) is 4.90 Å². The standard InChI is InChI=1S/C20H37NO5SSi/c1-19(2,3)28(7,8)24-12-14-15(25-14)16-17(26-16)18(22)21-13(9-10-27-6)11-23-20(21,4)5/h13-17H,9-12H2,1-8H3/t13-,14+,15-,16+,17-/m1/s1. The number of carbonyl (C=O) groups is 1. The van der Waals surface area contributed by atoms with Crippen molar-refractivity contribution in [1.29, 1.82) is 0 Å². The molecule has 0 aromatic carbocycles. The molecule has 6 nitrogen and oxygen atoms in total. The molecule has 162 valence electrons. The largest absolute Gasteiger partial charge is 0.414 e. The Hall–Kier alpha value is -0.123. The fourth-order valence-corrected chi connectivity index (χ4v) is 5.11.